The molecule has 4 aromatic rings. The lowest BCUT2D eigenvalue weighted by Crippen LogP contribution is -2.51. The molecule has 4 heterocycles. The van der Waals surface area contributed by atoms with E-state index >= 15 is 0 Å². The number of terminal acetylenes is 1. The van der Waals surface area contributed by atoms with Gasteiger partial charge in [0.2, 0.25) is 11.7 Å². The van der Waals surface area contributed by atoms with Crippen LogP contribution in [0.4, 0.5) is 5.82 Å². The lowest BCUT2D eigenvalue weighted by atomic mass is 10.0. The number of imidazole rings is 1. The molecule has 1 aliphatic heterocycles. The Morgan fingerprint density at radius 1 is 1.09 bits per heavy atom. The highest BCUT2D eigenvalue weighted by molar-refractivity contribution is 7.13. The summed E-state index contributed by atoms with van der Waals surface area (Å²) < 4.78 is 6.60. The van der Waals surface area contributed by atoms with Crippen molar-refractivity contribution in [1.29, 1.82) is 0 Å². The number of hydrogen-bond donors (Lipinski definition) is 6. The van der Waals surface area contributed by atoms with E-state index in [1.54, 1.807) is 12.1 Å². The molecule has 44 heavy (non-hydrogen) atoms. The highest BCUT2D eigenvalue weighted by atomic mass is 32.1. The van der Waals surface area contributed by atoms with Crippen molar-refractivity contribution in [3.8, 4) is 12.3 Å². The summed E-state index contributed by atoms with van der Waals surface area (Å²) >= 11 is 1.21. The molecule has 0 spiro atoms. The van der Waals surface area contributed by atoms with Crippen LogP contribution in [-0.4, -0.2) is 54.7 Å². The predicted molar refractivity (Wildman–Crippen MR) is 163 cm³/mol. The van der Waals surface area contributed by atoms with Crippen molar-refractivity contribution in [3.05, 3.63) is 71.1 Å². The monoisotopic (exact) mass is 614 g/mol. The Morgan fingerprint density at radius 2 is 1.91 bits per heavy atom. The Kier molecular flexibility index (Phi) is 8.95. The molecular formula is C29H30N10O4S. The Bertz CT molecular complexity index is 1770. The van der Waals surface area contributed by atoms with Gasteiger partial charge in [-0.1, -0.05) is 24.3 Å². The van der Waals surface area contributed by atoms with Gasteiger partial charge in [0.05, 0.1) is 22.6 Å². The van der Waals surface area contributed by atoms with E-state index in [4.69, 9.17) is 17.9 Å². The largest absolute Gasteiger partial charge is 0.351 e. The summed E-state index contributed by atoms with van der Waals surface area (Å²) in [5, 5.41) is 11.6. The van der Waals surface area contributed by atoms with E-state index in [-0.39, 0.29) is 55.1 Å². The molecule has 14 nitrogen and oxygen atoms in total. The SMILES string of the molecule is C#CCCC(N)(N)CCNC(=O)c1ccc(CNC(=O)c2nc(NC(=O)c3nsc4ccccc34)c3n2CC(=O)NC3)cn1. The number of rotatable bonds is 11. The second-order valence-corrected chi connectivity index (χ2v) is 11.1. The maximum atomic E-state index is 13.2. The van der Waals surface area contributed by atoms with Crippen LogP contribution in [0.25, 0.3) is 10.1 Å². The van der Waals surface area contributed by atoms with Gasteiger partial charge in [-0.2, -0.15) is 4.37 Å². The van der Waals surface area contributed by atoms with E-state index < -0.39 is 23.4 Å². The molecule has 0 saturated heterocycles. The topological polar surface area (TPSA) is 212 Å². The molecule has 0 bridgehead atoms. The summed E-state index contributed by atoms with van der Waals surface area (Å²) in [6.07, 6.45) is 7.95. The Hall–Kier alpha value is -5.17. The van der Waals surface area contributed by atoms with E-state index in [0.29, 0.717) is 35.9 Å². The third kappa shape index (κ3) is 6.89. The first-order valence-corrected chi connectivity index (χ1v) is 14.5. The number of nitrogens with two attached hydrogens (primary N) is 2. The average molecular weight is 615 g/mol. The van der Waals surface area contributed by atoms with Gasteiger partial charge >= 0.3 is 0 Å². The summed E-state index contributed by atoms with van der Waals surface area (Å²) in [6, 6.07) is 10.5. The number of fused-ring (bicyclic) bond motifs is 2. The number of nitrogens with one attached hydrogen (secondary N) is 4. The first-order valence-electron chi connectivity index (χ1n) is 13.7. The standard InChI is InChI=1S/C29H30N10O4S/c1-2-3-10-29(30,31)11-12-32-26(41)19-9-8-17(13-33-19)14-35-28(43)25-36-24(20-15-34-22(40)16-39(20)25)37-27(42)23-18-6-4-5-7-21(18)44-38-23/h1,4-9,13H,3,10-12,14-16,30-31H2,(H,32,41)(H,34,40)(H,35,43)(H,37,42). The quantitative estimate of drug-likeness (QED) is 0.104. The van der Waals surface area contributed by atoms with Gasteiger partial charge in [0.1, 0.15) is 17.9 Å². The molecule has 8 N–H and O–H groups in total. The second kappa shape index (κ2) is 13.0. The molecule has 0 saturated carbocycles. The number of anilines is 1. The van der Waals surface area contributed by atoms with Crippen molar-refractivity contribution in [2.24, 2.45) is 11.5 Å². The van der Waals surface area contributed by atoms with Crippen molar-refractivity contribution in [1.82, 2.24) is 34.9 Å². The summed E-state index contributed by atoms with van der Waals surface area (Å²) in [6.45, 7) is 0.283. The summed E-state index contributed by atoms with van der Waals surface area (Å²) in [5.41, 5.74) is 12.5. The average Bonchev–Trinajstić information content (AvgIpc) is 3.60. The van der Waals surface area contributed by atoms with Crippen molar-refractivity contribution < 1.29 is 19.2 Å². The summed E-state index contributed by atoms with van der Waals surface area (Å²) in [5.74, 6) is 0.905. The van der Waals surface area contributed by atoms with E-state index in [9.17, 15) is 19.2 Å². The second-order valence-electron chi connectivity index (χ2n) is 10.3. The van der Waals surface area contributed by atoms with Crippen LogP contribution in [0.15, 0.2) is 42.6 Å². The van der Waals surface area contributed by atoms with Gasteiger partial charge in [0.25, 0.3) is 17.7 Å². The maximum absolute atomic E-state index is 13.2. The molecule has 0 atom stereocenters. The molecule has 0 fully saturated rings. The lowest BCUT2D eigenvalue weighted by Gasteiger charge is -2.23. The first kappa shape index (κ1) is 30.3. The van der Waals surface area contributed by atoms with Gasteiger partial charge in [-0.15, -0.1) is 12.3 Å². The minimum atomic E-state index is -0.977. The Morgan fingerprint density at radius 3 is 2.68 bits per heavy atom. The summed E-state index contributed by atoms with van der Waals surface area (Å²) in [7, 11) is 0. The Labute approximate surface area is 256 Å². The van der Waals surface area contributed by atoms with Gasteiger partial charge in [-0.3, -0.25) is 24.2 Å². The molecule has 0 unspecified atom stereocenters. The number of nitrogens with zero attached hydrogens (tertiary/aromatic N) is 4. The predicted octanol–water partition coefficient (Wildman–Crippen LogP) is 0.847. The van der Waals surface area contributed by atoms with Gasteiger partial charge in [0.15, 0.2) is 5.82 Å². The molecule has 1 aromatic carbocycles. The Balaban J connectivity index is 1.21. The number of carbonyl (C=O) groups excluding carboxylic acids is 4. The zero-order valence-electron chi connectivity index (χ0n) is 23.6. The van der Waals surface area contributed by atoms with Crippen LogP contribution in [0.1, 0.15) is 62.1 Å². The number of carbonyl (C=O) groups is 4. The molecule has 0 aliphatic carbocycles. The molecule has 3 aromatic heterocycles. The number of hydrogen-bond acceptors (Lipinski definition) is 10. The van der Waals surface area contributed by atoms with Gasteiger partial charge in [0, 0.05) is 31.1 Å². The third-order valence-electron chi connectivity index (χ3n) is 6.98. The fourth-order valence-corrected chi connectivity index (χ4v) is 5.33. The van der Waals surface area contributed by atoms with Gasteiger partial charge in [-0.05, 0) is 42.1 Å². The fraction of sp³-hybridized carbons (Fsp3) is 0.276. The van der Waals surface area contributed by atoms with Gasteiger partial charge < -0.3 is 37.3 Å². The van der Waals surface area contributed by atoms with Crippen molar-refractivity contribution in [3.63, 3.8) is 0 Å². The number of aromatic nitrogens is 4. The minimum absolute atomic E-state index is 0.0321. The van der Waals surface area contributed by atoms with Crippen LogP contribution in [0, 0.1) is 12.3 Å². The smallest absolute Gasteiger partial charge is 0.287 e. The van der Waals surface area contributed by atoms with Crippen molar-refractivity contribution in [2.45, 2.75) is 44.6 Å². The van der Waals surface area contributed by atoms with Crippen LogP contribution in [0.3, 0.4) is 0 Å². The van der Waals surface area contributed by atoms with Crippen molar-refractivity contribution >= 4 is 51.1 Å². The maximum Gasteiger partial charge on any atom is 0.287 e. The summed E-state index contributed by atoms with van der Waals surface area (Å²) in [4.78, 5) is 59.4. The van der Waals surface area contributed by atoms with Crippen LogP contribution in [0.2, 0.25) is 0 Å². The minimum Gasteiger partial charge on any atom is -0.351 e. The highest BCUT2D eigenvalue weighted by Gasteiger charge is 2.28. The van der Waals surface area contributed by atoms with E-state index in [2.05, 4.69) is 41.5 Å². The molecule has 1 aliphatic rings. The molecule has 15 heteroatoms. The first-order chi connectivity index (χ1) is 21.1. The van der Waals surface area contributed by atoms with Crippen LogP contribution in [-0.2, 0) is 24.4 Å². The number of pyridine rings is 1. The molecular weight excluding hydrogens is 584 g/mol. The molecule has 0 radical (unpaired) electrons. The number of benzene rings is 1. The van der Waals surface area contributed by atoms with Crippen LogP contribution < -0.4 is 32.7 Å². The molecule has 226 valence electrons. The fourth-order valence-electron chi connectivity index (χ4n) is 4.56. The molecule has 5 rings (SSSR count). The molecule has 4 amide bonds. The lowest BCUT2D eigenvalue weighted by molar-refractivity contribution is -0.122. The van der Waals surface area contributed by atoms with Gasteiger partial charge in [-0.25, -0.2) is 4.98 Å². The number of amides is 4. The van der Waals surface area contributed by atoms with Crippen LogP contribution >= 0.6 is 11.5 Å². The van der Waals surface area contributed by atoms with E-state index in [0.717, 1.165) is 4.70 Å². The van der Waals surface area contributed by atoms with E-state index in [1.165, 1.54) is 28.4 Å². The van der Waals surface area contributed by atoms with Crippen LogP contribution in [0.5, 0.6) is 0 Å². The zero-order valence-corrected chi connectivity index (χ0v) is 24.4. The third-order valence-corrected chi connectivity index (χ3v) is 7.80. The normalized spacial score (nSPS) is 12.6. The zero-order chi connectivity index (χ0) is 31.3. The van der Waals surface area contributed by atoms with E-state index in [1.807, 2.05) is 18.2 Å². The van der Waals surface area contributed by atoms with Crippen molar-refractivity contribution in [2.75, 3.05) is 11.9 Å². The highest BCUT2D eigenvalue weighted by Crippen LogP contribution is 2.25.